The smallest absolute Gasteiger partial charge is 0.417 e. The van der Waals surface area contributed by atoms with Crippen LogP contribution in [0.5, 0.6) is 0 Å². The number of rotatable bonds is 3. The maximum Gasteiger partial charge on any atom is 0.417 e. The van der Waals surface area contributed by atoms with E-state index < -0.39 is 47.2 Å². The Balaban J connectivity index is 1.63. The molecule has 0 bridgehead atoms. The third-order valence-electron chi connectivity index (χ3n) is 8.25. The molecule has 0 aliphatic carbocycles. The monoisotopic (exact) mass is 630 g/mol. The molecule has 1 amide bonds. The number of aromatic nitrogens is 2. The van der Waals surface area contributed by atoms with Gasteiger partial charge >= 0.3 is 18.0 Å². The molecule has 2 aliphatic heterocycles. The maximum atomic E-state index is 14.9. The Hall–Kier alpha value is -4.13. The molecule has 3 atom stereocenters. The largest absolute Gasteiger partial charge is 0.465 e. The van der Waals surface area contributed by atoms with Crippen LogP contribution in [-0.4, -0.2) is 56.6 Å². The summed E-state index contributed by atoms with van der Waals surface area (Å²) in [6.07, 6.45) is -5.93. The van der Waals surface area contributed by atoms with Crippen molar-refractivity contribution in [3.8, 4) is 11.1 Å². The van der Waals surface area contributed by atoms with E-state index in [1.807, 2.05) is 0 Å². The summed E-state index contributed by atoms with van der Waals surface area (Å²) in [6, 6.07) is 10.5. The Labute approximate surface area is 252 Å². The molecule has 1 aromatic heterocycles. The van der Waals surface area contributed by atoms with Crippen molar-refractivity contribution in [1.29, 1.82) is 0 Å². The van der Waals surface area contributed by atoms with Gasteiger partial charge in [-0.15, -0.1) is 11.8 Å². The Kier molecular flexibility index (Phi) is 7.55. The van der Waals surface area contributed by atoms with Crippen molar-refractivity contribution in [2.75, 3.05) is 23.7 Å². The van der Waals surface area contributed by atoms with E-state index in [2.05, 4.69) is 4.98 Å². The van der Waals surface area contributed by atoms with Gasteiger partial charge in [-0.2, -0.15) is 18.2 Å². The zero-order valence-corrected chi connectivity index (χ0v) is 24.4. The van der Waals surface area contributed by atoms with Crippen molar-refractivity contribution in [2.45, 2.75) is 49.5 Å². The average molecular weight is 631 g/mol. The third-order valence-corrected chi connectivity index (χ3v) is 9.50. The number of anilines is 1. The third kappa shape index (κ3) is 5.27. The number of hydrogen-bond donors (Lipinski definition) is 1. The number of amides is 1. The first-order valence-electron chi connectivity index (χ1n) is 13.9. The molecule has 1 saturated heterocycles. The van der Waals surface area contributed by atoms with Crippen LogP contribution in [0.1, 0.15) is 30.9 Å². The Morgan fingerprint density at radius 3 is 2.11 bits per heavy atom. The average Bonchev–Trinajstić information content (AvgIpc) is 3.16. The van der Waals surface area contributed by atoms with Gasteiger partial charge in [0.05, 0.1) is 23.2 Å². The molecule has 3 aromatic carbocycles. The molecule has 0 saturated carbocycles. The number of hydrogen-bond acceptors (Lipinski definition) is 5. The van der Waals surface area contributed by atoms with Gasteiger partial charge in [-0.3, -0.25) is 9.47 Å². The number of halogens is 5. The van der Waals surface area contributed by atoms with Gasteiger partial charge in [-0.05, 0) is 55.3 Å². The molecule has 2 aliphatic rings. The summed E-state index contributed by atoms with van der Waals surface area (Å²) in [6.45, 7) is 3.70. The fraction of sp³-hybridized carbons (Fsp3) is 0.323. The zero-order valence-electron chi connectivity index (χ0n) is 23.6. The van der Waals surface area contributed by atoms with Gasteiger partial charge in [-0.25, -0.2) is 18.4 Å². The van der Waals surface area contributed by atoms with Crippen molar-refractivity contribution in [3.63, 3.8) is 0 Å². The molecule has 6 rings (SSSR count). The Morgan fingerprint density at radius 2 is 1.55 bits per heavy atom. The highest BCUT2D eigenvalue weighted by Gasteiger charge is 2.40. The van der Waals surface area contributed by atoms with E-state index in [-0.39, 0.29) is 64.0 Å². The lowest BCUT2D eigenvalue weighted by atomic mass is 9.95. The van der Waals surface area contributed by atoms with Gasteiger partial charge in [0, 0.05) is 47.2 Å². The first-order valence-corrected chi connectivity index (χ1v) is 14.9. The van der Waals surface area contributed by atoms with Crippen LogP contribution in [0.4, 0.5) is 32.6 Å². The number of nitrogens with zero attached hydrogens (tertiary/aromatic N) is 4. The Morgan fingerprint density at radius 1 is 0.955 bits per heavy atom. The number of carbonyl (C=O) groups is 1. The second-order valence-electron chi connectivity index (χ2n) is 11.2. The summed E-state index contributed by atoms with van der Waals surface area (Å²) in [5, 5.41) is 9.78. The van der Waals surface area contributed by atoms with Crippen molar-refractivity contribution < 1.29 is 31.9 Å². The molecule has 0 radical (unpaired) electrons. The van der Waals surface area contributed by atoms with Crippen LogP contribution in [0.2, 0.25) is 0 Å². The SMILES string of the molecule is C[C@@H]1CN(c2nc(=O)n3c4c(c(-c5ccc(F)cc5)c(C(F)(F)F)cc24)SCC(c2ccc(F)cc2)C3)C[C@H](C)N1C(=O)O. The minimum atomic E-state index is -4.82. The number of thioether (sulfide) groups is 1. The van der Waals surface area contributed by atoms with Gasteiger partial charge < -0.3 is 10.0 Å². The predicted octanol–water partition coefficient (Wildman–Crippen LogP) is 6.83. The van der Waals surface area contributed by atoms with Gasteiger partial charge in [0.1, 0.15) is 17.5 Å². The molecule has 1 unspecified atom stereocenters. The number of alkyl halides is 3. The molecule has 3 heterocycles. The predicted molar refractivity (Wildman–Crippen MR) is 157 cm³/mol. The van der Waals surface area contributed by atoms with E-state index >= 15 is 0 Å². The molecular formula is C31H27F5N4O3S. The van der Waals surface area contributed by atoms with Crippen LogP contribution < -0.4 is 10.6 Å². The van der Waals surface area contributed by atoms with Crippen molar-refractivity contribution in [1.82, 2.24) is 14.5 Å². The standard InChI is InChI=1S/C31H27F5N4O3S/c1-16-12-38(13-17(2)40(16)30(42)43)28-23-11-24(31(34,35)36)25(19-5-9-22(33)10-6-19)27-26(23)39(29(41)37-28)14-20(15-44-27)18-3-7-21(32)8-4-18/h3-11,16-17,20H,12-15H2,1-2H3,(H,42,43)/t16-,17+,20?. The van der Waals surface area contributed by atoms with Crippen LogP contribution in [0, 0.1) is 11.6 Å². The summed E-state index contributed by atoms with van der Waals surface area (Å²) in [4.78, 5) is 33.1. The zero-order chi connectivity index (χ0) is 31.5. The molecule has 0 spiro atoms. The number of benzene rings is 3. The van der Waals surface area contributed by atoms with E-state index in [1.165, 1.54) is 33.7 Å². The summed E-state index contributed by atoms with van der Waals surface area (Å²) >= 11 is 1.16. The summed E-state index contributed by atoms with van der Waals surface area (Å²) in [7, 11) is 0. The maximum absolute atomic E-state index is 14.9. The first-order chi connectivity index (χ1) is 20.8. The van der Waals surface area contributed by atoms with Gasteiger partial charge in [0.25, 0.3) is 0 Å². The van der Waals surface area contributed by atoms with Crippen LogP contribution in [0.15, 0.2) is 64.3 Å². The molecule has 4 aromatic rings. The normalized spacial score (nSPS) is 20.6. The molecular weight excluding hydrogens is 603 g/mol. The van der Waals surface area contributed by atoms with Crippen molar-refractivity contribution in [3.05, 3.63) is 87.8 Å². The van der Waals surface area contributed by atoms with Crippen LogP contribution in [0.3, 0.4) is 0 Å². The lowest BCUT2D eigenvalue weighted by Gasteiger charge is -2.43. The fourth-order valence-electron chi connectivity index (χ4n) is 6.34. The van der Waals surface area contributed by atoms with E-state index in [1.54, 1.807) is 30.9 Å². The van der Waals surface area contributed by atoms with E-state index in [0.717, 1.165) is 30.0 Å². The first kappa shape index (κ1) is 29.9. The topological polar surface area (TPSA) is 78.7 Å². The van der Waals surface area contributed by atoms with Crippen molar-refractivity contribution >= 4 is 34.6 Å². The van der Waals surface area contributed by atoms with E-state index in [4.69, 9.17) is 0 Å². The second-order valence-corrected chi connectivity index (χ2v) is 12.2. The highest BCUT2D eigenvalue weighted by atomic mass is 32.2. The highest BCUT2D eigenvalue weighted by molar-refractivity contribution is 7.99. The molecule has 1 fully saturated rings. The summed E-state index contributed by atoms with van der Waals surface area (Å²) < 4.78 is 73.6. The van der Waals surface area contributed by atoms with Crippen LogP contribution in [-0.2, 0) is 12.7 Å². The van der Waals surface area contributed by atoms with E-state index in [0.29, 0.717) is 5.56 Å². The Bertz CT molecular complexity index is 1800. The van der Waals surface area contributed by atoms with Gasteiger partial charge in [0.15, 0.2) is 0 Å². The summed E-state index contributed by atoms with van der Waals surface area (Å²) in [5.41, 5.74) is -0.687. The van der Waals surface area contributed by atoms with E-state index in [9.17, 15) is 36.6 Å². The quantitative estimate of drug-likeness (QED) is 0.250. The fourth-order valence-corrected chi connectivity index (χ4v) is 7.73. The minimum absolute atomic E-state index is 0.0447. The summed E-state index contributed by atoms with van der Waals surface area (Å²) in [5.74, 6) is -1.09. The van der Waals surface area contributed by atoms with Crippen molar-refractivity contribution in [2.24, 2.45) is 0 Å². The molecule has 44 heavy (non-hydrogen) atoms. The number of piperazine rings is 1. The minimum Gasteiger partial charge on any atom is -0.465 e. The lowest BCUT2D eigenvalue weighted by Crippen LogP contribution is -2.58. The lowest BCUT2D eigenvalue weighted by molar-refractivity contribution is -0.137. The molecule has 13 heteroatoms. The number of carboxylic acid groups (broad SMARTS) is 1. The van der Waals surface area contributed by atoms with Crippen LogP contribution >= 0.6 is 11.8 Å². The molecule has 230 valence electrons. The van der Waals surface area contributed by atoms with Gasteiger partial charge in [-0.1, -0.05) is 24.3 Å². The van der Waals surface area contributed by atoms with Gasteiger partial charge in [0.2, 0.25) is 0 Å². The second kappa shape index (κ2) is 11.1. The molecule has 1 N–H and O–H groups in total. The highest BCUT2D eigenvalue weighted by Crippen LogP contribution is 2.49. The molecule has 7 nitrogen and oxygen atoms in total. The van der Waals surface area contributed by atoms with Crippen LogP contribution in [0.25, 0.3) is 22.0 Å².